The fraction of sp³-hybridized carbons (Fsp3) is 0.474. The predicted molar refractivity (Wildman–Crippen MR) is 114 cm³/mol. The highest BCUT2D eigenvalue weighted by atomic mass is 79.9. The quantitative estimate of drug-likeness (QED) is 0.415. The number of benzene rings is 1. The summed E-state index contributed by atoms with van der Waals surface area (Å²) in [7, 11) is 1.72. The zero-order valence-electron chi connectivity index (χ0n) is 17.1. The van der Waals surface area contributed by atoms with E-state index in [1.54, 1.807) is 31.1 Å². The fourth-order valence-corrected chi connectivity index (χ4v) is 2.89. The lowest BCUT2D eigenvalue weighted by molar-refractivity contribution is 0.412. The van der Waals surface area contributed by atoms with Crippen molar-refractivity contribution in [3.8, 4) is 17.7 Å². The van der Waals surface area contributed by atoms with Gasteiger partial charge >= 0.3 is 0 Å². The van der Waals surface area contributed by atoms with E-state index in [1.807, 2.05) is 13.8 Å². The van der Waals surface area contributed by atoms with Crippen LogP contribution >= 0.6 is 15.9 Å². The minimum absolute atomic E-state index is 0.0246. The summed E-state index contributed by atoms with van der Waals surface area (Å²) >= 11 is 3.47. The Hall–Kier alpha value is -2.24. The van der Waals surface area contributed by atoms with Crippen molar-refractivity contribution in [3.63, 3.8) is 0 Å². The Morgan fingerprint density at radius 3 is 2.44 bits per heavy atom. The molecule has 0 saturated heterocycles. The SMILES string of the molecule is CC.Cc1nn(C)c(Oc2ccc(N(N)CC(C)(C)C)c(N)c2Br)c1C#N. The van der Waals surface area contributed by atoms with Crippen molar-refractivity contribution < 1.29 is 4.74 Å². The number of halogens is 1. The molecule has 7 nitrogen and oxygen atoms in total. The molecule has 1 heterocycles. The first kappa shape index (κ1) is 22.8. The number of aromatic nitrogens is 2. The van der Waals surface area contributed by atoms with Crippen LogP contribution in [-0.2, 0) is 7.05 Å². The molecule has 0 aliphatic rings. The fourth-order valence-electron chi connectivity index (χ4n) is 2.48. The molecule has 0 unspecified atom stereocenters. The zero-order chi connectivity index (χ0) is 20.9. The van der Waals surface area contributed by atoms with Gasteiger partial charge in [0.25, 0.3) is 0 Å². The van der Waals surface area contributed by atoms with Gasteiger partial charge in [0.05, 0.1) is 21.5 Å². The average molecular weight is 437 g/mol. The van der Waals surface area contributed by atoms with Crippen molar-refractivity contribution in [2.24, 2.45) is 18.3 Å². The molecular formula is C19H29BrN6O. The monoisotopic (exact) mass is 436 g/mol. The Morgan fingerprint density at radius 2 is 1.93 bits per heavy atom. The number of anilines is 2. The molecule has 4 N–H and O–H groups in total. The van der Waals surface area contributed by atoms with Crippen LogP contribution < -0.4 is 21.3 Å². The van der Waals surface area contributed by atoms with Crippen LogP contribution in [0.5, 0.6) is 11.6 Å². The summed E-state index contributed by atoms with van der Waals surface area (Å²) in [6.45, 7) is 12.7. The second-order valence-electron chi connectivity index (χ2n) is 7.10. The first-order chi connectivity index (χ1) is 12.5. The first-order valence-electron chi connectivity index (χ1n) is 8.77. The minimum Gasteiger partial charge on any atom is -0.437 e. The normalized spacial score (nSPS) is 10.7. The van der Waals surface area contributed by atoms with Crippen LogP contribution in [0.4, 0.5) is 11.4 Å². The van der Waals surface area contributed by atoms with Crippen LogP contribution in [0.3, 0.4) is 0 Å². The summed E-state index contributed by atoms with van der Waals surface area (Å²) in [4.78, 5) is 0. The maximum absolute atomic E-state index is 9.30. The Labute approximate surface area is 170 Å². The van der Waals surface area contributed by atoms with E-state index in [1.165, 1.54) is 4.68 Å². The number of nitrogens with two attached hydrogens (primary N) is 2. The molecule has 1 aromatic heterocycles. The van der Waals surface area contributed by atoms with Gasteiger partial charge in [-0.15, -0.1) is 0 Å². The largest absolute Gasteiger partial charge is 0.437 e. The van der Waals surface area contributed by atoms with E-state index in [0.717, 1.165) is 0 Å². The maximum atomic E-state index is 9.30. The lowest BCUT2D eigenvalue weighted by Crippen LogP contribution is -2.38. The molecule has 0 fully saturated rings. The summed E-state index contributed by atoms with van der Waals surface area (Å²) in [5.41, 5.74) is 8.44. The number of rotatable bonds is 4. The van der Waals surface area contributed by atoms with Gasteiger partial charge in [0.15, 0.2) is 0 Å². The topological polar surface area (TPSA) is 106 Å². The highest BCUT2D eigenvalue weighted by Gasteiger charge is 2.21. The molecule has 1 aromatic carbocycles. The predicted octanol–water partition coefficient (Wildman–Crippen LogP) is 4.49. The number of nitrogen functional groups attached to an aromatic ring is 1. The third-order valence-corrected chi connectivity index (χ3v) is 4.38. The van der Waals surface area contributed by atoms with Crippen molar-refractivity contribution in [3.05, 3.63) is 27.9 Å². The summed E-state index contributed by atoms with van der Waals surface area (Å²) in [5, 5.41) is 15.1. The van der Waals surface area contributed by atoms with E-state index in [4.69, 9.17) is 16.3 Å². The molecule has 0 bridgehead atoms. The van der Waals surface area contributed by atoms with Crippen LogP contribution in [0.2, 0.25) is 0 Å². The van der Waals surface area contributed by atoms with Gasteiger partial charge < -0.3 is 15.5 Å². The lowest BCUT2D eigenvalue weighted by atomic mass is 9.96. The van der Waals surface area contributed by atoms with E-state index in [9.17, 15) is 5.26 Å². The molecule has 0 aliphatic heterocycles. The van der Waals surface area contributed by atoms with Gasteiger partial charge in [0.1, 0.15) is 17.4 Å². The zero-order valence-corrected chi connectivity index (χ0v) is 18.7. The Morgan fingerprint density at radius 1 is 1.33 bits per heavy atom. The summed E-state index contributed by atoms with van der Waals surface area (Å²) in [6, 6.07) is 5.68. The van der Waals surface area contributed by atoms with E-state index in [0.29, 0.717) is 45.3 Å². The molecule has 27 heavy (non-hydrogen) atoms. The number of nitrogens with zero attached hydrogens (tertiary/aromatic N) is 4. The summed E-state index contributed by atoms with van der Waals surface area (Å²) < 4.78 is 8.00. The molecule has 2 aromatic rings. The van der Waals surface area contributed by atoms with E-state index in [-0.39, 0.29) is 5.41 Å². The van der Waals surface area contributed by atoms with Gasteiger partial charge in [-0.25, -0.2) is 10.5 Å². The Kier molecular flexibility index (Phi) is 7.69. The van der Waals surface area contributed by atoms with E-state index >= 15 is 0 Å². The van der Waals surface area contributed by atoms with Crippen LogP contribution in [0.25, 0.3) is 0 Å². The van der Waals surface area contributed by atoms with E-state index < -0.39 is 0 Å². The summed E-state index contributed by atoms with van der Waals surface area (Å²) in [6.07, 6.45) is 0. The van der Waals surface area contributed by atoms with E-state index in [2.05, 4.69) is 47.9 Å². The van der Waals surface area contributed by atoms with Crippen molar-refractivity contribution >= 4 is 27.3 Å². The van der Waals surface area contributed by atoms with Crippen LogP contribution in [0.15, 0.2) is 16.6 Å². The molecule has 8 heteroatoms. The van der Waals surface area contributed by atoms with Gasteiger partial charge in [0.2, 0.25) is 5.88 Å². The van der Waals surface area contributed by atoms with Crippen molar-refractivity contribution in [1.29, 1.82) is 5.26 Å². The minimum atomic E-state index is 0.0246. The second-order valence-corrected chi connectivity index (χ2v) is 7.90. The van der Waals surface area contributed by atoms with Crippen LogP contribution in [0.1, 0.15) is 45.9 Å². The molecule has 0 atom stereocenters. The summed E-state index contributed by atoms with van der Waals surface area (Å²) in [5.74, 6) is 7.02. The highest BCUT2D eigenvalue weighted by Crippen LogP contribution is 2.40. The maximum Gasteiger partial charge on any atom is 0.235 e. The third-order valence-electron chi connectivity index (χ3n) is 3.56. The van der Waals surface area contributed by atoms with Crippen molar-refractivity contribution in [2.45, 2.75) is 41.5 Å². The Bertz CT molecular complexity index is 832. The van der Waals surface area contributed by atoms with Gasteiger partial charge in [0, 0.05) is 13.6 Å². The number of ether oxygens (including phenoxy) is 1. The Balaban J connectivity index is 0.00000176. The van der Waals surface area contributed by atoms with Gasteiger partial charge in [-0.3, -0.25) is 0 Å². The molecule has 0 amide bonds. The molecular weight excluding hydrogens is 408 g/mol. The van der Waals surface area contributed by atoms with Crippen LogP contribution in [0, 0.1) is 23.7 Å². The van der Waals surface area contributed by atoms with Crippen LogP contribution in [-0.4, -0.2) is 16.3 Å². The van der Waals surface area contributed by atoms with Gasteiger partial charge in [-0.2, -0.15) is 10.4 Å². The molecule has 0 radical (unpaired) electrons. The molecule has 0 spiro atoms. The van der Waals surface area contributed by atoms with Crippen molar-refractivity contribution in [1.82, 2.24) is 9.78 Å². The molecule has 2 rings (SSSR count). The average Bonchev–Trinajstić information content (AvgIpc) is 2.85. The third kappa shape index (κ3) is 5.37. The number of hydrogen-bond acceptors (Lipinski definition) is 6. The lowest BCUT2D eigenvalue weighted by Gasteiger charge is -2.29. The number of hydrazine groups is 1. The number of nitriles is 1. The first-order valence-corrected chi connectivity index (χ1v) is 9.56. The standard InChI is InChI=1S/C17H23BrN6O.C2H6/c1-10-11(8-19)16(23(5)22-10)25-13-7-6-12(15(20)14(13)18)24(21)9-17(2,3)4;1-2/h6-7H,9,20-21H2,1-5H3;1-2H3. The van der Waals surface area contributed by atoms with Gasteiger partial charge in [-0.1, -0.05) is 34.6 Å². The number of hydrogen-bond donors (Lipinski definition) is 2. The van der Waals surface area contributed by atoms with Crippen molar-refractivity contribution in [2.75, 3.05) is 17.3 Å². The molecule has 148 valence electrons. The van der Waals surface area contributed by atoms with Gasteiger partial charge in [-0.05, 0) is 40.4 Å². The second kappa shape index (κ2) is 9.11. The molecule has 0 aliphatic carbocycles. The molecule has 0 saturated carbocycles. The highest BCUT2D eigenvalue weighted by molar-refractivity contribution is 9.10. The number of aryl methyl sites for hydroxylation is 2. The smallest absolute Gasteiger partial charge is 0.235 e.